The maximum Gasteiger partial charge on any atom is 0.220 e. The number of aliphatic hydroxyl groups is 1. The van der Waals surface area contributed by atoms with E-state index in [9.17, 15) is 5.11 Å². The molecule has 1 N–H and O–H groups in total. The fourth-order valence-corrected chi connectivity index (χ4v) is 1.93. The zero-order chi connectivity index (χ0) is 8.48. The van der Waals surface area contributed by atoms with Gasteiger partial charge in [0.15, 0.2) is 0 Å². The van der Waals surface area contributed by atoms with Gasteiger partial charge in [0.05, 0.1) is 0 Å². The van der Waals surface area contributed by atoms with Gasteiger partial charge < -0.3 is 5.11 Å². The molecule has 0 radical (unpaired) electrons. The lowest BCUT2D eigenvalue weighted by Gasteiger charge is -2.16. The van der Waals surface area contributed by atoms with Crippen molar-refractivity contribution in [3.8, 4) is 0 Å². The molecule has 0 saturated carbocycles. The van der Waals surface area contributed by atoms with Gasteiger partial charge in [0.25, 0.3) is 0 Å². The molecule has 62 valence electrons. The van der Waals surface area contributed by atoms with Gasteiger partial charge in [0.1, 0.15) is 6.10 Å². The molecule has 0 fully saturated rings. The van der Waals surface area contributed by atoms with Crippen LogP contribution in [0.5, 0.6) is 0 Å². The van der Waals surface area contributed by atoms with Crippen molar-refractivity contribution in [2.45, 2.75) is 9.90 Å². The van der Waals surface area contributed by atoms with Gasteiger partial charge in [0.2, 0.25) is 3.79 Å². The molecule has 5 heteroatoms. The first-order valence-corrected chi connectivity index (χ1v) is 4.81. The molecule has 1 unspecified atom stereocenters. The maximum absolute atomic E-state index is 9.36. The van der Waals surface area contributed by atoms with Gasteiger partial charge in [-0.3, -0.25) is 0 Å². The second-order valence-corrected chi connectivity index (χ2v) is 5.31. The molecular weight excluding hydrogens is 226 g/mol. The summed E-state index contributed by atoms with van der Waals surface area (Å²) in [5.41, 5.74) is 0. The Morgan fingerprint density at radius 2 is 2.09 bits per heavy atom. The normalized spacial score (nSPS) is 14.9. The standard InChI is InChI=1S/C6H5Cl3OS/c7-6(8,9)5(10)4-2-1-3-11-4/h1-3,5,10H. The van der Waals surface area contributed by atoms with Crippen LogP contribution >= 0.6 is 46.1 Å². The third-order valence-corrected chi connectivity index (χ3v) is 2.67. The number of alkyl halides is 3. The lowest BCUT2D eigenvalue weighted by molar-refractivity contribution is 0.186. The van der Waals surface area contributed by atoms with E-state index in [-0.39, 0.29) is 0 Å². The largest absolute Gasteiger partial charge is 0.383 e. The first kappa shape index (κ1) is 9.62. The van der Waals surface area contributed by atoms with Crippen LogP contribution in [0.2, 0.25) is 0 Å². The third-order valence-electron chi connectivity index (χ3n) is 1.12. The quantitative estimate of drug-likeness (QED) is 0.736. The highest BCUT2D eigenvalue weighted by Gasteiger charge is 2.32. The summed E-state index contributed by atoms with van der Waals surface area (Å²) in [7, 11) is 0. The number of rotatable bonds is 1. The van der Waals surface area contributed by atoms with E-state index in [1.165, 1.54) is 11.3 Å². The van der Waals surface area contributed by atoms with Gasteiger partial charge in [-0.15, -0.1) is 11.3 Å². The van der Waals surface area contributed by atoms with Crippen LogP contribution in [0.3, 0.4) is 0 Å². The van der Waals surface area contributed by atoms with E-state index >= 15 is 0 Å². The molecule has 1 rings (SSSR count). The van der Waals surface area contributed by atoms with Crippen molar-refractivity contribution in [1.82, 2.24) is 0 Å². The van der Waals surface area contributed by atoms with Gasteiger partial charge in [-0.2, -0.15) is 0 Å². The molecule has 1 nitrogen and oxygen atoms in total. The molecule has 0 bridgehead atoms. The predicted octanol–water partition coefficient (Wildman–Crippen LogP) is 3.15. The second kappa shape index (κ2) is 3.50. The molecule has 0 amide bonds. The zero-order valence-corrected chi connectivity index (χ0v) is 8.38. The summed E-state index contributed by atoms with van der Waals surface area (Å²) in [4.78, 5) is 0.657. The van der Waals surface area contributed by atoms with Gasteiger partial charge >= 0.3 is 0 Å². The van der Waals surface area contributed by atoms with Crippen molar-refractivity contribution in [1.29, 1.82) is 0 Å². The van der Waals surface area contributed by atoms with Crippen molar-refractivity contribution >= 4 is 46.1 Å². The topological polar surface area (TPSA) is 20.2 Å². The van der Waals surface area contributed by atoms with E-state index in [4.69, 9.17) is 34.8 Å². The van der Waals surface area contributed by atoms with E-state index in [1.54, 1.807) is 12.1 Å². The van der Waals surface area contributed by atoms with Crippen LogP contribution in [0.15, 0.2) is 17.5 Å². The SMILES string of the molecule is OC(c1cccs1)C(Cl)(Cl)Cl. The maximum atomic E-state index is 9.36. The molecule has 0 aromatic carbocycles. The van der Waals surface area contributed by atoms with Crippen LogP contribution in [0.4, 0.5) is 0 Å². The van der Waals surface area contributed by atoms with E-state index in [0.717, 1.165) is 0 Å². The van der Waals surface area contributed by atoms with Crippen molar-refractivity contribution in [3.05, 3.63) is 22.4 Å². The Morgan fingerprint density at radius 1 is 1.45 bits per heavy atom. The molecule has 1 aromatic rings. The first-order valence-electron chi connectivity index (χ1n) is 2.80. The molecule has 1 atom stereocenters. The lowest BCUT2D eigenvalue weighted by atomic mass is 10.3. The zero-order valence-electron chi connectivity index (χ0n) is 5.30. The highest BCUT2D eigenvalue weighted by Crippen LogP contribution is 2.40. The summed E-state index contributed by atoms with van der Waals surface area (Å²) in [6.45, 7) is 0. The minimum absolute atomic E-state index is 0.657. The molecule has 1 aromatic heterocycles. The van der Waals surface area contributed by atoms with Crippen molar-refractivity contribution < 1.29 is 5.11 Å². The molecule has 11 heavy (non-hydrogen) atoms. The first-order chi connectivity index (χ1) is 5.02. The average molecular weight is 232 g/mol. The van der Waals surface area contributed by atoms with Crippen LogP contribution in [-0.2, 0) is 0 Å². The van der Waals surface area contributed by atoms with E-state index < -0.39 is 9.90 Å². The van der Waals surface area contributed by atoms with Crippen molar-refractivity contribution in [3.63, 3.8) is 0 Å². The number of hydrogen-bond acceptors (Lipinski definition) is 2. The summed E-state index contributed by atoms with van der Waals surface area (Å²) >= 11 is 17.7. The minimum atomic E-state index is -1.63. The Kier molecular flexibility index (Phi) is 3.06. The number of aliphatic hydroxyl groups excluding tert-OH is 1. The molecule has 0 aliphatic rings. The van der Waals surface area contributed by atoms with Crippen LogP contribution in [0.25, 0.3) is 0 Å². The van der Waals surface area contributed by atoms with E-state index in [0.29, 0.717) is 4.88 Å². The Labute approximate surface area is 83.5 Å². The molecule has 0 spiro atoms. The summed E-state index contributed by atoms with van der Waals surface area (Å²) < 4.78 is -1.63. The van der Waals surface area contributed by atoms with Crippen molar-refractivity contribution in [2.75, 3.05) is 0 Å². The van der Waals surface area contributed by atoms with Gasteiger partial charge in [-0.25, -0.2) is 0 Å². The summed E-state index contributed by atoms with van der Waals surface area (Å²) in [5.74, 6) is 0. The highest BCUT2D eigenvalue weighted by atomic mass is 35.6. The molecule has 1 heterocycles. The minimum Gasteiger partial charge on any atom is -0.383 e. The van der Waals surface area contributed by atoms with Crippen LogP contribution < -0.4 is 0 Å². The monoisotopic (exact) mass is 230 g/mol. The lowest BCUT2D eigenvalue weighted by Crippen LogP contribution is -2.14. The van der Waals surface area contributed by atoms with E-state index in [2.05, 4.69) is 0 Å². The van der Waals surface area contributed by atoms with Crippen LogP contribution in [0, 0.1) is 0 Å². The molecule has 0 saturated heterocycles. The number of halogens is 3. The summed E-state index contributed by atoms with van der Waals surface area (Å²) in [5, 5.41) is 11.2. The average Bonchev–Trinajstić information content (AvgIpc) is 2.34. The van der Waals surface area contributed by atoms with Gasteiger partial charge in [0, 0.05) is 4.88 Å². The van der Waals surface area contributed by atoms with Gasteiger partial charge in [-0.05, 0) is 11.4 Å². The molecular formula is C6H5Cl3OS. The Bertz CT molecular complexity index is 216. The van der Waals surface area contributed by atoms with Crippen LogP contribution in [0.1, 0.15) is 11.0 Å². The summed E-state index contributed by atoms with van der Waals surface area (Å²) in [6.07, 6.45) is -1.03. The van der Waals surface area contributed by atoms with Crippen molar-refractivity contribution in [2.24, 2.45) is 0 Å². The Hall–Kier alpha value is 0.530. The summed E-state index contributed by atoms with van der Waals surface area (Å²) in [6, 6.07) is 3.51. The molecule has 0 aliphatic heterocycles. The Balaban J connectivity index is 2.78. The second-order valence-electron chi connectivity index (χ2n) is 1.96. The highest BCUT2D eigenvalue weighted by molar-refractivity contribution is 7.10. The van der Waals surface area contributed by atoms with Gasteiger partial charge in [-0.1, -0.05) is 40.9 Å². The Morgan fingerprint density at radius 3 is 2.45 bits per heavy atom. The van der Waals surface area contributed by atoms with E-state index in [1.807, 2.05) is 5.38 Å². The fourth-order valence-electron chi connectivity index (χ4n) is 0.608. The fraction of sp³-hybridized carbons (Fsp3) is 0.333. The smallest absolute Gasteiger partial charge is 0.220 e. The molecule has 0 aliphatic carbocycles. The van der Waals surface area contributed by atoms with Crippen LogP contribution in [-0.4, -0.2) is 8.90 Å². The predicted molar refractivity (Wildman–Crippen MR) is 49.6 cm³/mol. The number of hydrogen-bond donors (Lipinski definition) is 1. The third kappa shape index (κ3) is 2.49. The number of thiophene rings is 1.